The molecule has 1 N–H and O–H groups in total. The van der Waals surface area contributed by atoms with Crippen molar-refractivity contribution >= 4 is 18.4 Å². The van der Waals surface area contributed by atoms with Crippen molar-refractivity contribution in [3.63, 3.8) is 0 Å². The van der Waals surface area contributed by atoms with E-state index >= 15 is 0 Å². The van der Waals surface area contributed by atoms with Crippen LogP contribution < -0.4 is 10.2 Å². The Morgan fingerprint density at radius 3 is 2.43 bits per heavy atom. The molecule has 5 nitrogen and oxygen atoms in total. The van der Waals surface area contributed by atoms with Crippen LogP contribution in [0.15, 0.2) is 34.7 Å². The van der Waals surface area contributed by atoms with Gasteiger partial charge >= 0.3 is 6.01 Å². The molecular formula is C17H25ClN4O. The van der Waals surface area contributed by atoms with Gasteiger partial charge in [-0.2, -0.15) is 0 Å². The Kier molecular flexibility index (Phi) is 5.01. The van der Waals surface area contributed by atoms with Crippen molar-refractivity contribution in [2.75, 3.05) is 25.5 Å². The first-order chi connectivity index (χ1) is 10.5. The van der Waals surface area contributed by atoms with Gasteiger partial charge in [0, 0.05) is 19.0 Å². The molecule has 23 heavy (non-hydrogen) atoms. The lowest BCUT2D eigenvalue weighted by Gasteiger charge is -2.26. The van der Waals surface area contributed by atoms with E-state index in [1.54, 1.807) is 0 Å². The van der Waals surface area contributed by atoms with Gasteiger partial charge in [0.2, 0.25) is 5.89 Å². The van der Waals surface area contributed by atoms with Crippen molar-refractivity contribution in [1.82, 2.24) is 15.5 Å². The molecule has 2 aromatic rings. The van der Waals surface area contributed by atoms with Crippen molar-refractivity contribution in [2.24, 2.45) is 5.41 Å². The van der Waals surface area contributed by atoms with Gasteiger partial charge in [-0.15, -0.1) is 17.5 Å². The fourth-order valence-corrected chi connectivity index (χ4v) is 3.42. The summed E-state index contributed by atoms with van der Waals surface area (Å²) in [5.74, 6) is 0.619. The van der Waals surface area contributed by atoms with Crippen LogP contribution in [0.25, 0.3) is 0 Å². The summed E-state index contributed by atoms with van der Waals surface area (Å²) in [6, 6.07) is 11.3. The first kappa shape index (κ1) is 17.8. The molecule has 1 fully saturated rings. The molecule has 1 aromatic heterocycles. The molecule has 1 heterocycles. The first-order valence-electron chi connectivity index (χ1n) is 7.72. The maximum absolute atomic E-state index is 5.70. The SMILES string of the molecule is CNCc1nnc(N(C)CC2(c3ccccc3)CC2(C)C)o1.Cl. The van der Waals surface area contributed by atoms with E-state index in [0.29, 0.717) is 18.5 Å². The summed E-state index contributed by atoms with van der Waals surface area (Å²) in [5.41, 5.74) is 1.83. The average Bonchev–Trinajstić information content (AvgIpc) is 2.86. The quantitative estimate of drug-likeness (QED) is 0.878. The Morgan fingerprint density at radius 2 is 1.87 bits per heavy atom. The molecule has 1 aliphatic carbocycles. The van der Waals surface area contributed by atoms with Crippen LogP contribution >= 0.6 is 12.4 Å². The average molecular weight is 337 g/mol. The van der Waals surface area contributed by atoms with Crippen LogP contribution in [0.2, 0.25) is 0 Å². The lowest BCUT2D eigenvalue weighted by Crippen LogP contribution is -2.32. The predicted molar refractivity (Wildman–Crippen MR) is 94.1 cm³/mol. The molecule has 1 saturated carbocycles. The molecule has 1 aliphatic rings. The number of halogens is 1. The van der Waals surface area contributed by atoms with Crippen molar-refractivity contribution in [2.45, 2.75) is 32.2 Å². The van der Waals surface area contributed by atoms with Crippen LogP contribution in [0.1, 0.15) is 31.7 Å². The molecule has 0 saturated heterocycles. The fraction of sp³-hybridized carbons (Fsp3) is 0.529. The van der Waals surface area contributed by atoms with E-state index in [9.17, 15) is 0 Å². The van der Waals surface area contributed by atoms with E-state index in [1.165, 1.54) is 12.0 Å². The zero-order chi connectivity index (χ0) is 15.8. The summed E-state index contributed by atoms with van der Waals surface area (Å²) in [7, 11) is 3.89. The minimum Gasteiger partial charge on any atom is -0.407 e. The maximum Gasteiger partial charge on any atom is 0.317 e. The molecule has 1 unspecified atom stereocenters. The predicted octanol–water partition coefficient (Wildman–Crippen LogP) is 3.01. The molecule has 0 aliphatic heterocycles. The molecule has 0 radical (unpaired) electrons. The minimum absolute atomic E-state index is 0. The molecule has 6 heteroatoms. The van der Waals surface area contributed by atoms with E-state index in [1.807, 2.05) is 14.1 Å². The minimum atomic E-state index is 0. The van der Waals surface area contributed by atoms with Crippen LogP contribution in [0, 0.1) is 5.41 Å². The number of nitrogens with one attached hydrogen (secondary N) is 1. The number of hydrogen-bond donors (Lipinski definition) is 1. The van der Waals surface area contributed by atoms with Gasteiger partial charge in [-0.05, 0) is 24.4 Å². The highest BCUT2D eigenvalue weighted by molar-refractivity contribution is 5.85. The highest BCUT2D eigenvalue weighted by Crippen LogP contribution is 2.64. The fourth-order valence-electron chi connectivity index (χ4n) is 3.42. The lowest BCUT2D eigenvalue weighted by molar-refractivity contribution is 0.451. The van der Waals surface area contributed by atoms with Gasteiger partial charge in [-0.3, -0.25) is 0 Å². The largest absolute Gasteiger partial charge is 0.407 e. The van der Waals surface area contributed by atoms with Crippen molar-refractivity contribution in [3.05, 3.63) is 41.8 Å². The summed E-state index contributed by atoms with van der Waals surface area (Å²) >= 11 is 0. The van der Waals surface area contributed by atoms with Crippen LogP contribution in [-0.4, -0.2) is 30.8 Å². The van der Waals surface area contributed by atoms with Gasteiger partial charge in [-0.25, -0.2) is 0 Å². The third-order valence-corrected chi connectivity index (χ3v) is 4.86. The van der Waals surface area contributed by atoms with Gasteiger partial charge in [0.15, 0.2) is 0 Å². The molecule has 0 spiro atoms. The summed E-state index contributed by atoms with van der Waals surface area (Å²) in [6.07, 6.45) is 1.17. The van der Waals surface area contributed by atoms with Crippen LogP contribution in [0.3, 0.4) is 0 Å². The Morgan fingerprint density at radius 1 is 1.22 bits per heavy atom. The highest BCUT2D eigenvalue weighted by atomic mass is 35.5. The zero-order valence-corrected chi connectivity index (χ0v) is 15.0. The first-order valence-corrected chi connectivity index (χ1v) is 7.72. The van der Waals surface area contributed by atoms with Crippen molar-refractivity contribution in [1.29, 1.82) is 0 Å². The van der Waals surface area contributed by atoms with Gasteiger partial charge in [0.05, 0.1) is 6.54 Å². The Hall–Kier alpha value is -1.59. The summed E-state index contributed by atoms with van der Waals surface area (Å²) in [4.78, 5) is 2.08. The Labute approximate surface area is 143 Å². The lowest BCUT2D eigenvalue weighted by atomic mass is 9.87. The molecule has 0 bridgehead atoms. The number of benzene rings is 1. The van der Waals surface area contributed by atoms with E-state index in [-0.39, 0.29) is 23.2 Å². The number of aromatic nitrogens is 2. The normalized spacial score (nSPS) is 21.6. The number of anilines is 1. The van der Waals surface area contributed by atoms with Crippen LogP contribution in [-0.2, 0) is 12.0 Å². The third kappa shape index (κ3) is 3.21. The van der Waals surface area contributed by atoms with Crippen molar-refractivity contribution in [3.8, 4) is 0 Å². The molecule has 126 valence electrons. The van der Waals surface area contributed by atoms with E-state index in [4.69, 9.17) is 4.42 Å². The highest BCUT2D eigenvalue weighted by Gasteiger charge is 2.62. The van der Waals surface area contributed by atoms with Gasteiger partial charge < -0.3 is 14.6 Å². The number of nitrogens with zero attached hydrogens (tertiary/aromatic N) is 3. The van der Waals surface area contributed by atoms with E-state index in [0.717, 1.165) is 6.54 Å². The Balaban J connectivity index is 0.00000192. The van der Waals surface area contributed by atoms with Gasteiger partial charge in [-0.1, -0.05) is 49.3 Å². The molecule has 1 aromatic carbocycles. The molecule has 0 amide bonds. The maximum atomic E-state index is 5.70. The second kappa shape index (κ2) is 6.49. The van der Waals surface area contributed by atoms with E-state index < -0.39 is 0 Å². The monoisotopic (exact) mass is 336 g/mol. The van der Waals surface area contributed by atoms with Gasteiger partial charge in [0.25, 0.3) is 0 Å². The summed E-state index contributed by atoms with van der Waals surface area (Å²) in [6.45, 7) is 6.13. The topological polar surface area (TPSA) is 54.2 Å². The van der Waals surface area contributed by atoms with Crippen LogP contribution in [0.5, 0.6) is 0 Å². The molecule has 3 rings (SSSR count). The second-order valence-electron chi connectivity index (χ2n) is 6.87. The Bertz CT molecular complexity index is 643. The zero-order valence-electron chi connectivity index (χ0n) is 14.2. The van der Waals surface area contributed by atoms with Crippen molar-refractivity contribution < 1.29 is 4.42 Å². The number of rotatable bonds is 6. The van der Waals surface area contributed by atoms with Gasteiger partial charge in [0.1, 0.15) is 0 Å². The smallest absolute Gasteiger partial charge is 0.317 e. The molecule has 1 atom stereocenters. The number of hydrogen-bond acceptors (Lipinski definition) is 5. The third-order valence-electron chi connectivity index (χ3n) is 4.86. The van der Waals surface area contributed by atoms with Crippen LogP contribution in [0.4, 0.5) is 6.01 Å². The molecular weight excluding hydrogens is 312 g/mol. The summed E-state index contributed by atoms with van der Waals surface area (Å²) < 4.78 is 5.70. The number of likely N-dealkylation sites (N-methyl/N-ethyl adjacent to an activating group) is 1. The van der Waals surface area contributed by atoms with E-state index in [2.05, 4.69) is 64.6 Å². The standard InChI is InChI=1S/C17H24N4O.ClH/c1-16(2)11-17(16,13-8-6-5-7-9-13)12-21(4)15-20-19-14(22-15)10-18-3;/h5-9,18H,10-12H2,1-4H3;1H. The second-order valence-corrected chi connectivity index (χ2v) is 6.87. The summed E-state index contributed by atoms with van der Waals surface area (Å²) in [5, 5.41) is 11.2.